The van der Waals surface area contributed by atoms with Gasteiger partial charge in [0.15, 0.2) is 5.82 Å². The van der Waals surface area contributed by atoms with Gasteiger partial charge in [-0.3, -0.25) is 4.68 Å². The quantitative estimate of drug-likeness (QED) is 0.872. The van der Waals surface area contributed by atoms with Crippen molar-refractivity contribution in [2.45, 2.75) is 45.6 Å². The standard InChI is InChI=1S/C15H21N5/c1-3-20-10-11(9-17-20)14-18-13-8-6-4-5-7-12(13)15(16-2)19-14/h9-10H,3-8H2,1-2H3,(H,16,18,19). The molecule has 0 unspecified atom stereocenters. The lowest BCUT2D eigenvalue weighted by atomic mass is 10.1. The van der Waals surface area contributed by atoms with Crippen LogP contribution in [0.3, 0.4) is 0 Å². The molecule has 0 bridgehead atoms. The van der Waals surface area contributed by atoms with Crippen LogP contribution in [0.25, 0.3) is 11.4 Å². The van der Waals surface area contributed by atoms with Crippen LogP contribution in [0.4, 0.5) is 5.82 Å². The molecule has 1 N–H and O–H groups in total. The molecule has 5 heteroatoms. The maximum absolute atomic E-state index is 4.80. The Hall–Kier alpha value is -1.91. The highest BCUT2D eigenvalue weighted by Gasteiger charge is 2.17. The number of nitrogens with zero attached hydrogens (tertiary/aromatic N) is 4. The van der Waals surface area contributed by atoms with Gasteiger partial charge < -0.3 is 5.32 Å². The summed E-state index contributed by atoms with van der Waals surface area (Å²) in [6.45, 7) is 2.94. The Kier molecular flexibility index (Phi) is 3.67. The van der Waals surface area contributed by atoms with Crippen LogP contribution in [-0.2, 0) is 19.4 Å². The third-order valence-electron chi connectivity index (χ3n) is 3.89. The van der Waals surface area contributed by atoms with Crippen molar-refractivity contribution in [3.8, 4) is 11.4 Å². The summed E-state index contributed by atoms with van der Waals surface area (Å²) in [6.07, 6.45) is 9.74. The summed E-state index contributed by atoms with van der Waals surface area (Å²) in [5.41, 5.74) is 3.51. The Morgan fingerprint density at radius 1 is 1.20 bits per heavy atom. The minimum atomic E-state index is 0.787. The number of anilines is 1. The second kappa shape index (κ2) is 5.61. The van der Waals surface area contributed by atoms with Gasteiger partial charge in [-0.25, -0.2) is 9.97 Å². The zero-order chi connectivity index (χ0) is 13.9. The minimum absolute atomic E-state index is 0.787. The highest BCUT2D eigenvalue weighted by atomic mass is 15.3. The first kappa shape index (κ1) is 13.1. The normalized spacial score (nSPS) is 14.7. The molecule has 0 aromatic carbocycles. The van der Waals surface area contributed by atoms with E-state index in [2.05, 4.69) is 22.3 Å². The molecule has 0 fully saturated rings. The molecule has 2 heterocycles. The van der Waals surface area contributed by atoms with Crippen molar-refractivity contribution in [1.29, 1.82) is 0 Å². The summed E-state index contributed by atoms with van der Waals surface area (Å²) in [6, 6.07) is 0. The number of nitrogens with one attached hydrogen (secondary N) is 1. The Labute approximate surface area is 119 Å². The minimum Gasteiger partial charge on any atom is -0.373 e. The summed E-state index contributed by atoms with van der Waals surface area (Å²) in [5, 5.41) is 7.55. The van der Waals surface area contributed by atoms with Gasteiger partial charge in [0.05, 0.1) is 11.8 Å². The molecular weight excluding hydrogens is 250 g/mol. The highest BCUT2D eigenvalue weighted by molar-refractivity contribution is 5.58. The van der Waals surface area contributed by atoms with E-state index in [0.717, 1.165) is 36.6 Å². The number of aryl methyl sites for hydroxylation is 2. The zero-order valence-corrected chi connectivity index (χ0v) is 12.2. The van der Waals surface area contributed by atoms with Gasteiger partial charge in [0.25, 0.3) is 0 Å². The van der Waals surface area contributed by atoms with Crippen molar-refractivity contribution in [2.24, 2.45) is 0 Å². The summed E-state index contributed by atoms with van der Waals surface area (Å²) in [4.78, 5) is 9.48. The Morgan fingerprint density at radius 2 is 2.05 bits per heavy atom. The van der Waals surface area contributed by atoms with Crippen molar-refractivity contribution in [3.63, 3.8) is 0 Å². The van der Waals surface area contributed by atoms with Gasteiger partial charge in [-0.1, -0.05) is 6.42 Å². The maximum atomic E-state index is 4.80. The molecule has 20 heavy (non-hydrogen) atoms. The van der Waals surface area contributed by atoms with Gasteiger partial charge in [0.1, 0.15) is 5.82 Å². The Bertz CT molecular complexity index is 602. The van der Waals surface area contributed by atoms with Gasteiger partial charge >= 0.3 is 0 Å². The number of hydrogen-bond donors (Lipinski definition) is 1. The fraction of sp³-hybridized carbons (Fsp3) is 0.533. The van der Waals surface area contributed by atoms with Crippen LogP contribution in [0.15, 0.2) is 12.4 Å². The molecule has 1 aliphatic carbocycles. The van der Waals surface area contributed by atoms with Crippen molar-refractivity contribution in [2.75, 3.05) is 12.4 Å². The van der Waals surface area contributed by atoms with E-state index in [4.69, 9.17) is 4.98 Å². The third kappa shape index (κ3) is 2.40. The summed E-state index contributed by atoms with van der Waals surface area (Å²) in [7, 11) is 1.94. The number of rotatable bonds is 3. The topological polar surface area (TPSA) is 55.6 Å². The number of hydrogen-bond acceptors (Lipinski definition) is 4. The fourth-order valence-corrected chi connectivity index (χ4v) is 2.76. The molecule has 2 aromatic heterocycles. The molecule has 2 aromatic rings. The highest BCUT2D eigenvalue weighted by Crippen LogP contribution is 2.27. The molecule has 3 rings (SSSR count). The van der Waals surface area contributed by atoms with Gasteiger partial charge in [-0.05, 0) is 32.6 Å². The van der Waals surface area contributed by atoms with Crippen molar-refractivity contribution in [3.05, 3.63) is 23.7 Å². The second-order valence-electron chi connectivity index (χ2n) is 5.22. The van der Waals surface area contributed by atoms with Gasteiger partial charge in [-0.2, -0.15) is 5.10 Å². The molecule has 0 spiro atoms. The SMILES string of the molecule is CCn1cc(-c2nc3c(c(NC)n2)CCCCC3)cn1. The largest absolute Gasteiger partial charge is 0.373 e. The Balaban J connectivity index is 2.05. The lowest BCUT2D eigenvalue weighted by molar-refractivity contribution is 0.660. The lowest BCUT2D eigenvalue weighted by Gasteiger charge is -2.12. The van der Waals surface area contributed by atoms with E-state index in [1.54, 1.807) is 0 Å². The van der Waals surface area contributed by atoms with Crippen LogP contribution in [0, 0.1) is 0 Å². The Morgan fingerprint density at radius 3 is 2.80 bits per heavy atom. The zero-order valence-electron chi connectivity index (χ0n) is 12.2. The molecule has 0 aliphatic heterocycles. The first-order valence-corrected chi connectivity index (χ1v) is 7.42. The van der Waals surface area contributed by atoms with Crippen molar-refractivity contribution in [1.82, 2.24) is 19.7 Å². The van der Waals surface area contributed by atoms with E-state index in [-0.39, 0.29) is 0 Å². The summed E-state index contributed by atoms with van der Waals surface area (Å²) >= 11 is 0. The molecule has 1 aliphatic rings. The molecular formula is C15H21N5. The first-order valence-electron chi connectivity index (χ1n) is 7.42. The molecule has 0 amide bonds. The van der Waals surface area contributed by atoms with Crippen molar-refractivity contribution < 1.29 is 0 Å². The molecule has 0 saturated heterocycles. The smallest absolute Gasteiger partial charge is 0.164 e. The predicted molar refractivity (Wildman–Crippen MR) is 79.7 cm³/mol. The predicted octanol–water partition coefficient (Wildman–Crippen LogP) is 2.67. The monoisotopic (exact) mass is 271 g/mol. The lowest BCUT2D eigenvalue weighted by Crippen LogP contribution is -2.06. The average molecular weight is 271 g/mol. The average Bonchev–Trinajstić information content (AvgIpc) is 2.84. The van der Waals surface area contributed by atoms with Gasteiger partial charge in [0, 0.05) is 31.0 Å². The van der Waals surface area contributed by atoms with E-state index in [9.17, 15) is 0 Å². The number of fused-ring (bicyclic) bond motifs is 1. The van der Waals surface area contributed by atoms with Crippen LogP contribution in [0.2, 0.25) is 0 Å². The van der Waals surface area contributed by atoms with Crippen molar-refractivity contribution >= 4 is 5.82 Å². The van der Waals surface area contributed by atoms with E-state index in [0.29, 0.717) is 0 Å². The van der Waals surface area contributed by atoms with Crippen LogP contribution in [-0.4, -0.2) is 26.8 Å². The van der Waals surface area contributed by atoms with E-state index in [1.807, 2.05) is 24.1 Å². The van der Waals surface area contributed by atoms with E-state index < -0.39 is 0 Å². The van der Waals surface area contributed by atoms with E-state index in [1.165, 1.54) is 30.5 Å². The number of aromatic nitrogens is 4. The second-order valence-corrected chi connectivity index (χ2v) is 5.22. The van der Waals surface area contributed by atoms with Gasteiger partial charge in [0.2, 0.25) is 0 Å². The maximum Gasteiger partial charge on any atom is 0.164 e. The van der Waals surface area contributed by atoms with Crippen LogP contribution in [0.1, 0.15) is 37.4 Å². The first-order chi connectivity index (χ1) is 9.81. The molecule has 0 saturated carbocycles. The van der Waals surface area contributed by atoms with E-state index >= 15 is 0 Å². The summed E-state index contributed by atoms with van der Waals surface area (Å²) < 4.78 is 1.91. The van der Waals surface area contributed by atoms with Crippen LogP contribution in [0.5, 0.6) is 0 Å². The van der Waals surface area contributed by atoms with Crippen LogP contribution < -0.4 is 5.32 Å². The third-order valence-corrected chi connectivity index (χ3v) is 3.89. The molecule has 5 nitrogen and oxygen atoms in total. The van der Waals surface area contributed by atoms with Crippen LogP contribution >= 0.6 is 0 Å². The fourth-order valence-electron chi connectivity index (χ4n) is 2.76. The van der Waals surface area contributed by atoms with Gasteiger partial charge in [-0.15, -0.1) is 0 Å². The molecule has 106 valence electrons. The molecule has 0 radical (unpaired) electrons. The molecule has 0 atom stereocenters. The summed E-state index contributed by atoms with van der Waals surface area (Å²) in [5.74, 6) is 1.77.